The zero-order chi connectivity index (χ0) is 15.3. The molecular weight excluding hydrogens is 280 g/mol. The van der Waals surface area contributed by atoms with Crippen LogP contribution >= 0.6 is 0 Å². The van der Waals surface area contributed by atoms with Gasteiger partial charge in [0.25, 0.3) is 0 Å². The average molecular weight is 300 g/mol. The maximum atomic E-state index is 12.7. The van der Waals surface area contributed by atoms with E-state index in [9.17, 15) is 8.42 Å². The smallest absolute Gasteiger partial charge is 0.182 e. The molecule has 3 heteroatoms. The third-order valence-corrected chi connectivity index (χ3v) is 5.13. The number of hydrogen-bond acceptors (Lipinski definition) is 2. The van der Waals surface area contributed by atoms with Gasteiger partial charge in [-0.1, -0.05) is 68.0 Å². The molecule has 0 aliphatic rings. The maximum absolute atomic E-state index is 12.7. The van der Waals surface area contributed by atoms with E-state index < -0.39 is 9.84 Å². The molecule has 0 aliphatic heterocycles. The molecule has 21 heavy (non-hydrogen) atoms. The van der Waals surface area contributed by atoms with Gasteiger partial charge in [-0.15, -0.1) is 6.58 Å². The molecule has 0 saturated heterocycles. The number of sulfone groups is 1. The van der Waals surface area contributed by atoms with E-state index in [1.54, 1.807) is 0 Å². The van der Waals surface area contributed by atoms with Crippen LogP contribution in [0.1, 0.15) is 18.9 Å². The fourth-order valence-electron chi connectivity index (χ4n) is 2.50. The summed E-state index contributed by atoms with van der Waals surface area (Å²) >= 11 is 0. The van der Waals surface area contributed by atoms with Crippen LogP contribution in [0.3, 0.4) is 0 Å². The Bertz CT molecular complexity index is 716. The van der Waals surface area contributed by atoms with Crippen LogP contribution in [0.25, 0.3) is 11.1 Å². The summed E-state index contributed by atoms with van der Waals surface area (Å²) in [7, 11) is -3.36. The van der Waals surface area contributed by atoms with Gasteiger partial charge in [-0.2, -0.15) is 0 Å². The fraction of sp³-hybridized carbons (Fsp3) is 0.222. The molecule has 2 aromatic carbocycles. The van der Waals surface area contributed by atoms with Gasteiger partial charge >= 0.3 is 0 Å². The number of rotatable bonds is 6. The summed E-state index contributed by atoms with van der Waals surface area (Å²) in [5.41, 5.74) is 2.60. The summed E-state index contributed by atoms with van der Waals surface area (Å²) in [5.74, 6) is -0.0342. The molecule has 0 spiro atoms. The summed E-state index contributed by atoms with van der Waals surface area (Å²) in [4.78, 5) is 0.456. The van der Waals surface area contributed by atoms with Crippen LogP contribution in [0, 0.1) is 0 Å². The second-order valence-electron chi connectivity index (χ2n) is 4.98. The summed E-state index contributed by atoms with van der Waals surface area (Å²) in [6.45, 7) is 5.62. The van der Waals surface area contributed by atoms with Crippen LogP contribution in [0.4, 0.5) is 0 Å². The fourth-order valence-corrected chi connectivity index (χ4v) is 4.07. The number of aryl methyl sites for hydroxylation is 1. The van der Waals surface area contributed by atoms with Gasteiger partial charge in [-0.25, -0.2) is 8.42 Å². The minimum atomic E-state index is -3.36. The van der Waals surface area contributed by atoms with Crippen LogP contribution in [0.15, 0.2) is 66.1 Å². The van der Waals surface area contributed by atoms with Gasteiger partial charge in [-0.05, 0) is 17.5 Å². The van der Waals surface area contributed by atoms with Crippen molar-refractivity contribution in [1.82, 2.24) is 0 Å². The Kier molecular flexibility index (Phi) is 4.97. The van der Waals surface area contributed by atoms with Crippen LogP contribution in [-0.2, 0) is 16.3 Å². The molecular formula is C18H20O2S. The second-order valence-corrected chi connectivity index (χ2v) is 6.95. The van der Waals surface area contributed by atoms with Crippen molar-refractivity contribution in [3.05, 3.63) is 66.7 Å². The average Bonchev–Trinajstić information content (AvgIpc) is 2.48. The minimum absolute atomic E-state index is 0.0342. The lowest BCUT2D eigenvalue weighted by molar-refractivity contribution is 0.598. The molecule has 2 aromatic rings. The molecule has 0 radical (unpaired) electrons. The van der Waals surface area contributed by atoms with Crippen molar-refractivity contribution in [3.63, 3.8) is 0 Å². The second kappa shape index (κ2) is 6.72. The lowest BCUT2D eigenvalue weighted by atomic mass is 10.0. The van der Waals surface area contributed by atoms with Crippen LogP contribution in [-0.4, -0.2) is 14.2 Å². The molecule has 0 heterocycles. The molecule has 110 valence electrons. The van der Waals surface area contributed by atoms with Gasteiger partial charge in [0, 0.05) is 5.56 Å². The van der Waals surface area contributed by atoms with Gasteiger partial charge in [0.15, 0.2) is 9.84 Å². The molecule has 0 fully saturated rings. The highest BCUT2D eigenvalue weighted by Crippen LogP contribution is 2.31. The Morgan fingerprint density at radius 2 is 1.76 bits per heavy atom. The first-order valence-corrected chi connectivity index (χ1v) is 8.76. The molecule has 0 atom stereocenters. The molecule has 2 nitrogen and oxygen atoms in total. The Morgan fingerprint density at radius 1 is 1.05 bits per heavy atom. The highest BCUT2D eigenvalue weighted by atomic mass is 32.2. The van der Waals surface area contributed by atoms with Crippen molar-refractivity contribution >= 4 is 9.84 Å². The molecule has 0 N–H and O–H groups in total. The highest BCUT2D eigenvalue weighted by Gasteiger charge is 2.21. The molecule has 0 aromatic heterocycles. The first kappa shape index (κ1) is 15.5. The third-order valence-electron chi connectivity index (χ3n) is 3.35. The molecule has 0 amide bonds. The van der Waals surface area contributed by atoms with Crippen LogP contribution in [0.2, 0.25) is 0 Å². The summed E-state index contributed by atoms with van der Waals surface area (Å²) < 4.78 is 25.3. The summed E-state index contributed by atoms with van der Waals surface area (Å²) in [6, 6.07) is 15.4. The summed E-state index contributed by atoms with van der Waals surface area (Å²) in [6.07, 6.45) is 3.12. The largest absolute Gasteiger partial charge is 0.223 e. The first-order valence-electron chi connectivity index (χ1n) is 7.11. The number of hydrogen-bond donors (Lipinski definition) is 0. The Labute approximate surface area is 127 Å². The van der Waals surface area contributed by atoms with E-state index in [2.05, 4.69) is 13.5 Å². The standard InChI is InChI=1S/C18H20O2S/c1-3-9-16-12-8-13-17(15-10-6-5-7-11-15)18(16)21(19,20)14-4-2/h4-8,10-13H,2-3,9,14H2,1H3. The SMILES string of the molecule is C=CCS(=O)(=O)c1c(CCC)cccc1-c1ccccc1. The van der Waals surface area contributed by atoms with E-state index in [1.165, 1.54) is 6.08 Å². The summed E-state index contributed by atoms with van der Waals surface area (Å²) in [5, 5.41) is 0. The predicted molar refractivity (Wildman–Crippen MR) is 88.1 cm³/mol. The van der Waals surface area contributed by atoms with Crippen molar-refractivity contribution in [2.45, 2.75) is 24.7 Å². The third kappa shape index (κ3) is 3.42. The van der Waals surface area contributed by atoms with Gasteiger partial charge in [0.1, 0.15) is 0 Å². The molecule has 2 rings (SSSR count). The predicted octanol–water partition coefficient (Wildman–Crippen LogP) is 4.27. The molecule has 0 bridgehead atoms. The molecule has 0 aliphatic carbocycles. The Hall–Kier alpha value is -1.87. The van der Waals surface area contributed by atoms with Gasteiger partial charge in [-0.3, -0.25) is 0 Å². The van der Waals surface area contributed by atoms with E-state index in [4.69, 9.17) is 0 Å². The van der Waals surface area contributed by atoms with Crippen molar-refractivity contribution < 1.29 is 8.42 Å². The van der Waals surface area contributed by atoms with Gasteiger partial charge in [0.05, 0.1) is 10.6 Å². The van der Waals surface area contributed by atoms with E-state index >= 15 is 0 Å². The van der Waals surface area contributed by atoms with Crippen molar-refractivity contribution in [1.29, 1.82) is 0 Å². The van der Waals surface area contributed by atoms with Crippen LogP contribution in [0.5, 0.6) is 0 Å². The lowest BCUT2D eigenvalue weighted by Gasteiger charge is -2.14. The van der Waals surface area contributed by atoms with Gasteiger partial charge in [0.2, 0.25) is 0 Å². The van der Waals surface area contributed by atoms with E-state index in [-0.39, 0.29) is 5.75 Å². The zero-order valence-electron chi connectivity index (χ0n) is 12.2. The number of benzene rings is 2. The maximum Gasteiger partial charge on any atom is 0.182 e. The van der Waals surface area contributed by atoms with E-state index in [0.29, 0.717) is 4.90 Å². The normalized spacial score (nSPS) is 11.3. The van der Waals surface area contributed by atoms with Crippen LogP contribution < -0.4 is 0 Å². The quantitative estimate of drug-likeness (QED) is 0.747. The topological polar surface area (TPSA) is 34.1 Å². The minimum Gasteiger partial charge on any atom is -0.223 e. The van der Waals surface area contributed by atoms with E-state index in [1.807, 2.05) is 48.5 Å². The van der Waals surface area contributed by atoms with Crippen molar-refractivity contribution in [2.24, 2.45) is 0 Å². The zero-order valence-corrected chi connectivity index (χ0v) is 13.1. The Balaban J connectivity index is 2.71. The van der Waals surface area contributed by atoms with Crippen molar-refractivity contribution in [2.75, 3.05) is 5.75 Å². The Morgan fingerprint density at radius 3 is 2.38 bits per heavy atom. The molecule has 0 saturated carbocycles. The monoisotopic (exact) mass is 300 g/mol. The van der Waals surface area contributed by atoms with Gasteiger partial charge < -0.3 is 0 Å². The first-order chi connectivity index (χ1) is 10.1. The lowest BCUT2D eigenvalue weighted by Crippen LogP contribution is -2.10. The van der Waals surface area contributed by atoms with E-state index in [0.717, 1.165) is 29.5 Å². The molecule has 0 unspecified atom stereocenters. The van der Waals surface area contributed by atoms with Crippen molar-refractivity contribution in [3.8, 4) is 11.1 Å². The highest BCUT2D eigenvalue weighted by molar-refractivity contribution is 7.91.